The lowest BCUT2D eigenvalue weighted by Crippen LogP contribution is -2.33. The first kappa shape index (κ1) is 13.7. The Hall–Kier alpha value is -1.39. The largest absolute Gasteiger partial charge is 0.481 e. The second-order valence-corrected chi connectivity index (χ2v) is 4.12. The first-order valence-electron chi connectivity index (χ1n) is 5.77. The topological polar surface area (TPSA) is 69.6 Å². The summed E-state index contributed by atoms with van der Waals surface area (Å²) in [5.41, 5.74) is 0.795. The molecule has 2 unspecified atom stereocenters. The maximum atomic E-state index is 11.2. The van der Waals surface area contributed by atoms with E-state index < -0.39 is 11.9 Å². The number of carboxylic acids is 1. The minimum atomic E-state index is -0.833. The van der Waals surface area contributed by atoms with E-state index in [1.54, 1.807) is 0 Å². The fraction of sp³-hybridized carbons (Fsp3) is 0.462. The summed E-state index contributed by atoms with van der Waals surface area (Å²) in [7, 11) is 0. The van der Waals surface area contributed by atoms with Gasteiger partial charge in [0.25, 0.3) is 0 Å². The Balaban J connectivity index is 2.59. The van der Waals surface area contributed by atoms with Crippen LogP contribution in [0.25, 0.3) is 0 Å². The lowest BCUT2D eigenvalue weighted by molar-refractivity contribution is -0.138. The van der Waals surface area contributed by atoms with Gasteiger partial charge in [-0.2, -0.15) is 0 Å². The summed E-state index contributed by atoms with van der Waals surface area (Å²) in [6.45, 7) is 2.41. The molecule has 4 heteroatoms. The Kier molecular flexibility index (Phi) is 5.66. The van der Waals surface area contributed by atoms with E-state index in [0.717, 1.165) is 5.56 Å². The van der Waals surface area contributed by atoms with E-state index in [1.165, 1.54) is 0 Å². The van der Waals surface area contributed by atoms with Crippen LogP contribution < -0.4 is 5.32 Å². The zero-order valence-corrected chi connectivity index (χ0v) is 9.97. The lowest BCUT2D eigenvalue weighted by Gasteiger charge is -2.17. The molecule has 2 atom stereocenters. The van der Waals surface area contributed by atoms with Crippen LogP contribution in [-0.4, -0.2) is 35.4 Å². The average Bonchev–Trinajstić information content (AvgIpc) is 2.30. The molecule has 0 bridgehead atoms. The maximum Gasteiger partial charge on any atom is 0.312 e. The van der Waals surface area contributed by atoms with E-state index in [0.29, 0.717) is 13.0 Å². The molecule has 1 rings (SSSR count). The molecular formula is C13H19NO3. The number of carbonyl (C=O) groups is 1. The van der Waals surface area contributed by atoms with Crippen LogP contribution in [0.5, 0.6) is 0 Å². The van der Waals surface area contributed by atoms with E-state index in [2.05, 4.69) is 5.32 Å². The van der Waals surface area contributed by atoms with Gasteiger partial charge >= 0.3 is 5.97 Å². The molecule has 1 aromatic rings. The number of hydrogen-bond donors (Lipinski definition) is 3. The summed E-state index contributed by atoms with van der Waals surface area (Å²) in [6.07, 6.45) is 0.626. The highest BCUT2D eigenvalue weighted by Crippen LogP contribution is 2.15. The van der Waals surface area contributed by atoms with Crippen LogP contribution in [0.1, 0.15) is 24.8 Å². The minimum Gasteiger partial charge on any atom is -0.481 e. The van der Waals surface area contributed by atoms with Crippen molar-refractivity contribution in [3.63, 3.8) is 0 Å². The third-order valence-corrected chi connectivity index (χ3v) is 2.73. The normalized spacial score (nSPS) is 14.2. The predicted molar refractivity (Wildman–Crippen MR) is 66.0 cm³/mol. The van der Waals surface area contributed by atoms with Gasteiger partial charge in [-0.15, -0.1) is 0 Å². The van der Waals surface area contributed by atoms with E-state index >= 15 is 0 Å². The third-order valence-electron chi connectivity index (χ3n) is 2.73. The molecule has 0 radical (unpaired) electrons. The molecule has 1 aromatic carbocycles. The van der Waals surface area contributed by atoms with Gasteiger partial charge in [0.1, 0.15) is 0 Å². The zero-order valence-electron chi connectivity index (χ0n) is 9.97. The fourth-order valence-corrected chi connectivity index (χ4v) is 1.65. The third kappa shape index (κ3) is 4.54. The molecule has 0 saturated carbocycles. The molecule has 0 aliphatic rings. The van der Waals surface area contributed by atoms with Gasteiger partial charge in [0.2, 0.25) is 0 Å². The Morgan fingerprint density at radius 1 is 1.35 bits per heavy atom. The van der Waals surface area contributed by atoms with Crippen molar-refractivity contribution in [3.05, 3.63) is 35.9 Å². The summed E-state index contributed by atoms with van der Waals surface area (Å²) in [4.78, 5) is 11.2. The van der Waals surface area contributed by atoms with Crippen molar-refractivity contribution in [2.45, 2.75) is 25.3 Å². The summed E-state index contributed by atoms with van der Waals surface area (Å²) < 4.78 is 0. The van der Waals surface area contributed by atoms with Crippen molar-refractivity contribution in [1.82, 2.24) is 5.32 Å². The molecule has 0 aromatic heterocycles. The van der Waals surface area contributed by atoms with E-state index in [4.69, 9.17) is 5.11 Å². The highest BCUT2D eigenvalue weighted by molar-refractivity contribution is 5.76. The predicted octanol–water partition coefficient (Wildman–Crippen LogP) is 1.22. The highest BCUT2D eigenvalue weighted by atomic mass is 16.4. The monoisotopic (exact) mass is 237 g/mol. The summed E-state index contributed by atoms with van der Waals surface area (Å²) >= 11 is 0. The highest BCUT2D eigenvalue weighted by Gasteiger charge is 2.19. The van der Waals surface area contributed by atoms with Gasteiger partial charge in [-0.3, -0.25) is 4.79 Å². The quantitative estimate of drug-likeness (QED) is 0.667. The standard InChI is InChI=1S/C13H19NO3/c1-10(7-8-15)14-9-12(13(16)17)11-5-3-2-4-6-11/h2-6,10,12,14-15H,7-9H2,1H3,(H,16,17). The molecular weight excluding hydrogens is 218 g/mol. The Morgan fingerprint density at radius 3 is 2.53 bits per heavy atom. The number of carboxylic acid groups (broad SMARTS) is 1. The molecule has 4 nitrogen and oxygen atoms in total. The summed E-state index contributed by atoms with van der Waals surface area (Å²) in [5, 5.41) is 21.1. The second kappa shape index (κ2) is 7.04. The molecule has 0 fully saturated rings. The van der Waals surface area contributed by atoms with Gasteiger partial charge in [0, 0.05) is 19.2 Å². The summed E-state index contributed by atoms with van der Waals surface area (Å²) in [5.74, 6) is -1.38. The zero-order chi connectivity index (χ0) is 12.7. The van der Waals surface area contributed by atoms with Crippen molar-refractivity contribution in [3.8, 4) is 0 Å². The van der Waals surface area contributed by atoms with E-state index in [9.17, 15) is 9.90 Å². The van der Waals surface area contributed by atoms with Gasteiger partial charge in [0.15, 0.2) is 0 Å². The van der Waals surface area contributed by atoms with Gasteiger partial charge in [-0.1, -0.05) is 30.3 Å². The maximum absolute atomic E-state index is 11.2. The van der Waals surface area contributed by atoms with Crippen LogP contribution >= 0.6 is 0 Å². The molecule has 0 heterocycles. The average molecular weight is 237 g/mol. The van der Waals surface area contributed by atoms with Crippen molar-refractivity contribution in [2.75, 3.05) is 13.2 Å². The molecule has 0 aliphatic carbocycles. The molecule has 94 valence electrons. The first-order valence-corrected chi connectivity index (χ1v) is 5.77. The van der Waals surface area contributed by atoms with Gasteiger partial charge < -0.3 is 15.5 Å². The first-order chi connectivity index (χ1) is 8.15. The molecule has 3 N–H and O–H groups in total. The van der Waals surface area contributed by atoms with Crippen LogP contribution in [0, 0.1) is 0 Å². The fourth-order valence-electron chi connectivity index (χ4n) is 1.65. The van der Waals surface area contributed by atoms with Crippen LogP contribution in [-0.2, 0) is 4.79 Å². The number of rotatable bonds is 7. The van der Waals surface area contributed by atoms with Crippen molar-refractivity contribution >= 4 is 5.97 Å². The van der Waals surface area contributed by atoms with Crippen LogP contribution in [0.2, 0.25) is 0 Å². The Bertz CT molecular complexity index is 340. The van der Waals surface area contributed by atoms with Crippen LogP contribution in [0.15, 0.2) is 30.3 Å². The van der Waals surface area contributed by atoms with Crippen molar-refractivity contribution < 1.29 is 15.0 Å². The number of aliphatic hydroxyl groups is 1. The minimum absolute atomic E-state index is 0.108. The molecule has 0 amide bonds. The number of hydrogen-bond acceptors (Lipinski definition) is 3. The van der Waals surface area contributed by atoms with Gasteiger partial charge in [-0.25, -0.2) is 0 Å². The molecule has 0 saturated heterocycles. The Labute approximate surface area is 101 Å². The van der Waals surface area contributed by atoms with Crippen LogP contribution in [0.4, 0.5) is 0 Å². The van der Waals surface area contributed by atoms with E-state index in [1.807, 2.05) is 37.3 Å². The number of aliphatic hydroxyl groups excluding tert-OH is 1. The van der Waals surface area contributed by atoms with Crippen LogP contribution in [0.3, 0.4) is 0 Å². The smallest absolute Gasteiger partial charge is 0.312 e. The molecule has 0 aliphatic heterocycles. The SMILES string of the molecule is CC(CCO)NCC(C(=O)O)c1ccccc1. The van der Waals surface area contributed by atoms with E-state index in [-0.39, 0.29) is 12.6 Å². The number of benzene rings is 1. The van der Waals surface area contributed by atoms with Crippen molar-refractivity contribution in [2.24, 2.45) is 0 Å². The number of nitrogens with one attached hydrogen (secondary N) is 1. The summed E-state index contributed by atoms with van der Waals surface area (Å²) in [6, 6.07) is 9.29. The number of aliphatic carboxylic acids is 1. The Morgan fingerprint density at radius 2 is 2.00 bits per heavy atom. The molecule has 17 heavy (non-hydrogen) atoms. The van der Waals surface area contributed by atoms with Gasteiger partial charge in [-0.05, 0) is 18.9 Å². The van der Waals surface area contributed by atoms with Crippen molar-refractivity contribution in [1.29, 1.82) is 0 Å². The molecule has 0 spiro atoms. The van der Waals surface area contributed by atoms with Gasteiger partial charge in [0.05, 0.1) is 5.92 Å². The lowest BCUT2D eigenvalue weighted by atomic mass is 9.99. The second-order valence-electron chi connectivity index (χ2n) is 4.12.